The average molecular weight is 387 g/mol. The van der Waals surface area contributed by atoms with Crippen LogP contribution in [0.3, 0.4) is 0 Å². The molecule has 2 heterocycles. The Morgan fingerprint density at radius 3 is 2.68 bits per heavy atom. The van der Waals surface area contributed by atoms with Crippen molar-refractivity contribution in [3.63, 3.8) is 0 Å². The molecule has 6 N–H and O–H groups in total. The molecule has 0 unspecified atom stereocenters. The summed E-state index contributed by atoms with van der Waals surface area (Å²) in [6.45, 7) is 0.720. The maximum absolute atomic E-state index is 12.5. The van der Waals surface area contributed by atoms with E-state index in [1.807, 2.05) is 18.3 Å². The molecule has 0 spiro atoms. The van der Waals surface area contributed by atoms with Gasteiger partial charge in [0.15, 0.2) is 5.96 Å². The van der Waals surface area contributed by atoms with Crippen LogP contribution in [0.2, 0.25) is 0 Å². The normalized spacial score (nSPS) is 19.4. The molecule has 2 aromatic heterocycles. The molecular weight excluding hydrogens is 363 g/mol. The molecule has 0 aliphatic heterocycles. The lowest BCUT2D eigenvalue weighted by molar-refractivity contribution is -0.121. The molecule has 0 saturated heterocycles. The number of hydrogen-bond acceptors (Lipinski definition) is 3. The molecule has 1 saturated carbocycles. The fourth-order valence-corrected chi connectivity index (χ4v) is 3.19. The van der Waals surface area contributed by atoms with Crippen molar-refractivity contribution in [2.75, 3.05) is 11.9 Å². The molecule has 1 aliphatic rings. The quantitative estimate of drug-likeness (QED) is 0.409. The summed E-state index contributed by atoms with van der Waals surface area (Å²) in [6.07, 6.45) is 7.22. The Morgan fingerprint density at radius 1 is 1.28 bits per heavy atom. The minimum Gasteiger partial charge on any atom is -0.370 e. The minimum absolute atomic E-state index is 0. The highest BCUT2D eigenvalue weighted by Gasteiger charge is 2.26. The highest BCUT2D eigenvalue weighted by Crippen LogP contribution is 2.30. The van der Waals surface area contributed by atoms with Crippen molar-refractivity contribution in [2.24, 2.45) is 17.6 Å². The molecule has 25 heavy (non-hydrogen) atoms. The Hall–Kier alpha value is -1.99. The summed E-state index contributed by atoms with van der Waals surface area (Å²) in [5.74, 6) is 0.626. The van der Waals surface area contributed by atoms with Crippen LogP contribution >= 0.6 is 24.8 Å². The molecule has 0 radical (unpaired) electrons. The van der Waals surface area contributed by atoms with Crippen molar-refractivity contribution in [2.45, 2.75) is 25.7 Å². The number of guanidine groups is 1. The third kappa shape index (κ3) is 5.24. The number of carbonyl (C=O) groups excluding carboxylic acids is 1. The first-order chi connectivity index (χ1) is 11.1. The van der Waals surface area contributed by atoms with Crippen molar-refractivity contribution < 1.29 is 4.79 Å². The zero-order valence-electron chi connectivity index (χ0n) is 13.7. The van der Waals surface area contributed by atoms with Gasteiger partial charge in [-0.1, -0.05) is 0 Å². The summed E-state index contributed by atoms with van der Waals surface area (Å²) in [6, 6.07) is 3.75. The van der Waals surface area contributed by atoms with E-state index in [4.69, 9.17) is 11.1 Å². The van der Waals surface area contributed by atoms with E-state index in [2.05, 4.69) is 20.6 Å². The number of carbonyl (C=O) groups is 1. The number of rotatable bonds is 4. The molecule has 138 valence electrons. The summed E-state index contributed by atoms with van der Waals surface area (Å²) in [5, 5.41) is 14.0. The van der Waals surface area contributed by atoms with E-state index >= 15 is 0 Å². The minimum atomic E-state index is 0. The van der Waals surface area contributed by atoms with Gasteiger partial charge in [-0.3, -0.25) is 10.2 Å². The van der Waals surface area contributed by atoms with Crippen LogP contribution in [0.5, 0.6) is 0 Å². The van der Waals surface area contributed by atoms with Crippen molar-refractivity contribution in [3.05, 3.63) is 24.5 Å². The van der Waals surface area contributed by atoms with Gasteiger partial charge in [-0.2, -0.15) is 0 Å². The maximum Gasteiger partial charge on any atom is 0.227 e. The predicted molar refractivity (Wildman–Crippen MR) is 105 cm³/mol. The van der Waals surface area contributed by atoms with Gasteiger partial charge in [0.1, 0.15) is 5.65 Å². The van der Waals surface area contributed by atoms with Crippen LogP contribution < -0.4 is 16.4 Å². The molecule has 9 heteroatoms. The molecule has 0 atom stereocenters. The Kier molecular flexibility index (Phi) is 7.99. The van der Waals surface area contributed by atoms with Crippen molar-refractivity contribution in [3.8, 4) is 0 Å². The van der Waals surface area contributed by atoms with E-state index in [9.17, 15) is 4.79 Å². The average Bonchev–Trinajstić information content (AvgIpc) is 3.03. The van der Waals surface area contributed by atoms with Gasteiger partial charge in [0.25, 0.3) is 0 Å². The number of halogens is 2. The standard InChI is InChI=1S/C16H22N6O.2ClH/c17-16(18)21-9-10-1-3-11(4-2-10)15(23)22-13-6-8-20-14-12(13)5-7-19-14;;/h5-8,10-11H,1-4,9H2,(H4,17,18,21)(H2,19,20,22,23);2*1H. The first-order valence-corrected chi connectivity index (χ1v) is 7.94. The van der Waals surface area contributed by atoms with Gasteiger partial charge in [0, 0.05) is 30.2 Å². The summed E-state index contributed by atoms with van der Waals surface area (Å²) in [7, 11) is 0. The Morgan fingerprint density at radius 2 is 2.00 bits per heavy atom. The first kappa shape index (κ1) is 21.1. The number of aromatic nitrogens is 2. The van der Waals surface area contributed by atoms with Crippen LogP contribution in [0.25, 0.3) is 11.0 Å². The molecule has 1 amide bonds. The van der Waals surface area contributed by atoms with E-state index in [0.717, 1.165) is 48.9 Å². The molecule has 0 aromatic carbocycles. The Bertz CT molecular complexity index is 711. The summed E-state index contributed by atoms with van der Waals surface area (Å²) in [4.78, 5) is 19.8. The number of nitrogens with zero attached hydrogens (tertiary/aromatic N) is 1. The van der Waals surface area contributed by atoms with Gasteiger partial charge in [-0.05, 0) is 43.7 Å². The van der Waals surface area contributed by atoms with Gasteiger partial charge in [-0.15, -0.1) is 24.8 Å². The van der Waals surface area contributed by atoms with E-state index in [1.54, 1.807) is 6.20 Å². The van der Waals surface area contributed by atoms with Crippen LogP contribution in [0, 0.1) is 17.2 Å². The number of amides is 1. The molecular formula is C16H24Cl2N6O. The third-order valence-corrected chi connectivity index (χ3v) is 4.52. The van der Waals surface area contributed by atoms with E-state index in [0.29, 0.717) is 5.92 Å². The number of anilines is 1. The number of nitrogens with two attached hydrogens (primary N) is 1. The van der Waals surface area contributed by atoms with Crippen LogP contribution in [0.15, 0.2) is 24.5 Å². The summed E-state index contributed by atoms with van der Waals surface area (Å²) < 4.78 is 0. The van der Waals surface area contributed by atoms with Gasteiger partial charge >= 0.3 is 0 Å². The molecule has 7 nitrogen and oxygen atoms in total. The third-order valence-electron chi connectivity index (χ3n) is 4.52. The zero-order valence-corrected chi connectivity index (χ0v) is 15.4. The highest BCUT2D eigenvalue weighted by molar-refractivity contribution is 6.00. The smallest absolute Gasteiger partial charge is 0.227 e. The van der Waals surface area contributed by atoms with Crippen molar-refractivity contribution in [1.82, 2.24) is 15.3 Å². The molecule has 1 aliphatic carbocycles. The van der Waals surface area contributed by atoms with E-state index in [1.165, 1.54) is 0 Å². The number of fused-ring (bicyclic) bond motifs is 1. The number of aromatic amines is 1. The lowest BCUT2D eigenvalue weighted by Gasteiger charge is -2.28. The van der Waals surface area contributed by atoms with Crippen LogP contribution in [-0.2, 0) is 4.79 Å². The van der Waals surface area contributed by atoms with Crippen LogP contribution in [0.1, 0.15) is 25.7 Å². The van der Waals surface area contributed by atoms with Gasteiger partial charge in [0.2, 0.25) is 5.91 Å². The lowest BCUT2D eigenvalue weighted by atomic mass is 9.81. The summed E-state index contributed by atoms with van der Waals surface area (Å²) in [5.41, 5.74) is 6.89. The second-order valence-electron chi connectivity index (χ2n) is 6.10. The maximum atomic E-state index is 12.5. The second-order valence-corrected chi connectivity index (χ2v) is 6.10. The zero-order chi connectivity index (χ0) is 16.2. The van der Waals surface area contributed by atoms with Gasteiger partial charge in [-0.25, -0.2) is 4.98 Å². The fourth-order valence-electron chi connectivity index (χ4n) is 3.19. The molecule has 3 rings (SSSR count). The van der Waals surface area contributed by atoms with Crippen molar-refractivity contribution >= 4 is 53.4 Å². The van der Waals surface area contributed by atoms with Gasteiger partial charge < -0.3 is 21.4 Å². The van der Waals surface area contributed by atoms with Crippen LogP contribution in [0.4, 0.5) is 5.69 Å². The highest BCUT2D eigenvalue weighted by atomic mass is 35.5. The topological polar surface area (TPSA) is 120 Å². The summed E-state index contributed by atoms with van der Waals surface area (Å²) >= 11 is 0. The lowest BCUT2D eigenvalue weighted by Crippen LogP contribution is -2.36. The Labute approximate surface area is 158 Å². The van der Waals surface area contributed by atoms with E-state index in [-0.39, 0.29) is 42.6 Å². The number of nitrogens with one attached hydrogen (secondary N) is 4. The predicted octanol–water partition coefficient (Wildman–Crippen LogP) is 2.63. The monoisotopic (exact) mass is 386 g/mol. The van der Waals surface area contributed by atoms with Crippen LogP contribution in [-0.4, -0.2) is 28.4 Å². The van der Waals surface area contributed by atoms with Crippen molar-refractivity contribution in [1.29, 1.82) is 5.41 Å². The second kappa shape index (κ2) is 9.48. The van der Waals surface area contributed by atoms with E-state index < -0.39 is 0 Å². The number of pyridine rings is 1. The molecule has 0 bridgehead atoms. The molecule has 2 aromatic rings. The Balaban J connectivity index is 0.00000156. The largest absolute Gasteiger partial charge is 0.370 e. The molecule has 1 fully saturated rings. The SMILES string of the molecule is Cl.Cl.N=C(N)NCC1CCC(C(=O)Nc2ccnc3[nH]ccc23)CC1. The van der Waals surface area contributed by atoms with Gasteiger partial charge in [0.05, 0.1) is 5.69 Å². The number of hydrogen-bond donors (Lipinski definition) is 5. The number of H-pyrrole nitrogens is 1. The first-order valence-electron chi connectivity index (χ1n) is 7.94. The fraction of sp³-hybridized carbons (Fsp3) is 0.438.